The summed E-state index contributed by atoms with van der Waals surface area (Å²) < 4.78 is 0. The maximum Gasteiger partial charge on any atom is 0.326 e. The highest BCUT2D eigenvalue weighted by molar-refractivity contribution is 5.77. The normalized spacial score (nSPS) is 12.0. The van der Waals surface area contributed by atoms with Gasteiger partial charge in [0.2, 0.25) is 0 Å². The van der Waals surface area contributed by atoms with Gasteiger partial charge in [0.15, 0.2) is 0 Å². The molecule has 0 aromatic heterocycles. The van der Waals surface area contributed by atoms with Crippen molar-refractivity contribution in [3.05, 3.63) is 23.8 Å². The number of nitrogens with one attached hydrogen (secondary N) is 1. The van der Waals surface area contributed by atoms with Crippen LogP contribution >= 0.6 is 0 Å². The molecule has 4 nitrogen and oxygen atoms in total. The van der Waals surface area contributed by atoms with Crippen LogP contribution in [-0.2, 0) is 4.79 Å². The van der Waals surface area contributed by atoms with E-state index in [0.29, 0.717) is 6.42 Å². The molecule has 0 amide bonds. The van der Waals surface area contributed by atoms with Crippen LogP contribution in [0.5, 0.6) is 0 Å². The summed E-state index contributed by atoms with van der Waals surface area (Å²) in [5.41, 5.74) is 3.10. The first-order valence-electron chi connectivity index (χ1n) is 5.73. The van der Waals surface area contributed by atoms with E-state index < -0.39 is 12.0 Å². The van der Waals surface area contributed by atoms with Gasteiger partial charge < -0.3 is 15.3 Å². The van der Waals surface area contributed by atoms with E-state index in [4.69, 9.17) is 5.11 Å². The van der Waals surface area contributed by atoms with Crippen LogP contribution < -0.4 is 10.2 Å². The van der Waals surface area contributed by atoms with Crippen LogP contribution in [0.4, 0.5) is 11.4 Å². The van der Waals surface area contributed by atoms with Gasteiger partial charge in [-0.3, -0.25) is 0 Å². The second kappa shape index (κ2) is 5.57. The van der Waals surface area contributed by atoms with E-state index in [1.807, 2.05) is 51.0 Å². The van der Waals surface area contributed by atoms with Crippen molar-refractivity contribution in [1.82, 2.24) is 0 Å². The molecule has 1 atom stereocenters. The highest BCUT2D eigenvalue weighted by Crippen LogP contribution is 2.23. The smallest absolute Gasteiger partial charge is 0.326 e. The van der Waals surface area contributed by atoms with Crippen LogP contribution in [0.3, 0.4) is 0 Å². The first kappa shape index (κ1) is 13.4. The maximum atomic E-state index is 10.9. The second-order valence-corrected chi connectivity index (χ2v) is 4.34. The number of anilines is 2. The second-order valence-electron chi connectivity index (χ2n) is 4.34. The molecule has 0 aliphatic carbocycles. The van der Waals surface area contributed by atoms with Crippen LogP contribution in [0.1, 0.15) is 18.9 Å². The molecule has 1 aromatic carbocycles. The summed E-state index contributed by atoms with van der Waals surface area (Å²) >= 11 is 0. The van der Waals surface area contributed by atoms with Crippen molar-refractivity contribution in [2.24, 2.45) is 0 Å². The molecular weight excluding hydrogens is 216 g/mol. The van der Waals surface area contributed by atoms with Gasteiger partial charge in [0, 0.05) is 25.5 Å². The van der Waals surface area contributed by atoms with E-state index in [9.17, 15) is 4.79 Å². The predicted octanol–water partition coefficient (Wildman–Crippen LogP) is 2.34. The number of carboxylic acids is 1. The fourth-order valence-corrected chi connectivity index (χ4v) is 1.72. The number of hydrogen-bond acceptors (Lipinski definition) is 3. The predicted molar refractivity (Wildman–Crippen MR) is 70.8 cm³/mol. The van der Waals surface area contributed by atoms with Gasteiger partial charge >= 0.3 is 5.97 Å². The van der Waals surface area contributed by atoms with E-state index in [1.54, 1.807) is 0 Å². The summed E-state index contributed by atoms with van der Waals surface area (Å²) in [5.74, 6) is -0.820. The Balaban J connectivity index is 2.92. The minimum atomic E-state index is -0.820. The van der Waals surface area contributed by atoms with Gasteiger partial charge in [0.05, 0.1) is 0 Å². The fourth-order valence-electron chi connectivity index (χ4n) is 1.72. The van der Waals surface area contributed by atoms with Crippen molar-refractivity contribution in [2.75, 3.05) is 24.3 Å². The van der Waals surface area contributed by atoms with Crippen LogP contribution in [0.25, 0.3) is 0 Å². The third-order valence-corrected chi connectivity index (χ3v) is 2.74. The zero-order chi connectivity index (χ0) is 13.0. The van der Waals surface area contributed by atoms with Crippen molar-refractivity contribution < 1.29 is 9.90 Å². The molecule has 0 aliphatic heterocycles. The number of hydrogen-bond donors (Lipinski definition) is 2. The van der Waals surface area contributed by atoms with Crippen LogP contribution in [0.2, 0.25) is 0 Å². The Morgan fingerprint density at radius 2 is 2.12 bits per heavy atom. The molecule has 4 heteroatoms. The number of benzene rings is 1. The Morgan fingerprint density at radius 3 is 2.59 bits per heavy atom. The highest BCUT2D eigenvalue weighted by Gasteiger charge is 2.14. The monoisotopic (exact) mass is 236 g/mol. The van der Waals surface area contributed by atoms with Crippen molar-refractivity contribution in [1.29, 1.82) is 0 Å². The van der Waals surface area contributed by atoms with Crippen molar-refractivity contribution in [3.63, 3.8) is 0 Å². The lowest BCUT2D eigenvalue weighted by Crippen LogP contribution is -2.28. The summed E-state index contributed by atoms with van der Waals surface area (Å²) in [6.07, 6.45) is 0.556. The minimum Gasteiger partial charge on any atom is -0.480 e. The molecule has 0 heterocycles. The zero-order valence-electron chi connectivity index (χ0n) is 10.8. The molecule has 0 saturated carbocycles. The Bertz CT molecular complexity index is 402. The number of carboxylic acid groups (broad SMARTS) is 1. The molecule has 0 radical (unpaired) electrons. The molecule has 17 heavy (non-hydrogen) atoms. The zero-order valence-corrected chi connectivity index (χ0v) is 10.8. The van der Waals surface area contributed by atoms with Crippen LogP contribution in [-0.4, -0.2) is 31.2 Å². The Morgan fingerprint density at radius 1 is 1.47 bits per heavy atom. The van der Waals surface area contributed by atoms with Gasteiger partial charge in [-0.2, -0.15) is 0 Å². The molecule has 0 fully saturated rings. The lowest BCUT2D eigenvalue weighted by atomic mass is 10.1. The van der Waals surface area contributed by atoms with E-state index in [0.717, 1.165) is 11.4 Å². The van der Waals surface area contributed by atoms with Gasteiger partial charge in [-0.25, -0.2) is 4.79 Å². The molecule has 1 aromatic rings. The summed E-state index contributed by atoms with van der Waals surface area (Å²) in [4.78, 5) is 13.0. The molecule has 0 saturated heterocycles. The molecule has 0 aliphatic rings. The molecule has 0 bridgehead atoms. The number of aliphatic carboxylic acids is 1. The highest BCUT2D eigenvalue weighted by atomic mass is 16.4. The number of nitrogens with zero attached hydrogens (tertiary/aromatic N) is 1. The number of rotatable bonds is 5. The maximum absolute atomic E-state index is 10.9. The quantitative estimate of drug-likeness (QED) is 0.824. The first-order chi connectivity index (χ1) is 7.95. The van der Waals surface area contributed by atoms with Gasteiger partial charge in [-0.15, -0.1) is 0 Å². The third kappa shape index (κ3) is 3.37. The van der Waals surface area contributed by atoms with Gasteiger partial charge in [0.25, 0.3) is 0 Å². The standard InChI is InChI=1S/C13H20N2O2/c1-5-11(13(16)17)14-10-7-6-9(2)12(8-10)15(3)4/h6-8,11,14H,5H2,1-4H3,(H,16,17). The van der Waals surface area contributed by atoms with E-state index in [1.165, 1.54) is 5.56 Å². The lowest BCUT2D eigenvalue weighted by Gasteiger charge is -2.19. The van der Waals surface area contributed by atoms with Gasteiger partial charge in [-0.1, -0.05) is 13.0 Å². The van der Waals surface area contributed by atoms with Crippen molar-refractivity contribution >= 4 is 17.3 Å². The molecule has 1 rings (SSSR count). The average Bonchev–Trinajstić information content (AvgIpc) is 2.27. The first-order valence-corrected chi connectivity index (χ1v) is 5.73. The van der Waals surface area contributed by atoms with Gasteiger partial charge in [0.1, 0.15) is 6.04 Å². The van der Waals surface area contributed by atoms with E-state index in [-0.39, 0.29) is 0 Å². The van der Waals surface area contributed by atoms with Gasteiger partial charge in [-0.05, 0) is 31.0 Å². The number of carbonyl (C=O) groups is 1. The molecule has 0 spiro atoms. The average molecular weight is 236 g/mol. The summed E-state index contributed by atoms with van der Waals surface area (Å²) in [7, 11) is 3.95. The Labute approximate surface area is 102 Å². The fraction of sp³-hybridized carbons (Fsp3) is 0.462. The van der Waals surface area contributed by atoms with E-state index >= 15 is 0 Å². The largest absolute Gasteiger partial charge is 0.480 e. The minimum absolute atomic E-state index is 0.535. The summed E-state index contributed by atoms with van der Waals surface area (Å²) in [5, 5.41) is 12.0. The molecular formula is C13H20N2O2. The number of aryl methyl sites for hydroxylation is 1. The lowest BCUT2D eigenvalue weighted by molar-refractivity contribution is -0.137. The third-order valence-electron chi connectivity index (χ3n) is 2.74. The molecule has 94 valence electrons. The Hall–Kier alpha value is -1.71. The van der Waals surface area contributed by atoms with Crippen LogP contribution in [0.15, 0.2) is 18.2 Å². The molecule has 2 N–H and O–H groups in total. The molecule has 1 unspecified atom stereocenters. The summed E-state index contributed by atoms with van der Waals surface area (Å²) in [6, 6.07) is 5.34. The van der Waals surface area contributed by atoms with Crippen molar-refractivity contribution in [3.8, 4) is 0 Å². The Kier molecular flexibility index (Phi) is 4.37. The van der Waals surface area contributed by atoms with Crippen molar-refractivity contribution in [2.45, 2.75) is 26.3 Å². The van der Waals surface area contributed by atoms with Crippen LogP contribution in [0, 0.1) is 6.92 Å². The van der Waals surface area contributed by atoms with E-state index in [2.05, 4.69) is 5.32 Å². The summed E-state index contributed by atoms with van der Waals surface area (Å²) in [6.45, 7) is 3.89. The SMILES string of the molecule is CCC(Nc1ccc(C)c(N(C)C)c1)C(=O)O. The topological polar surface area (TPSA) is 52.6 Å².